The van der Waals surface area contributed by atoms with Crippen molar-refractivity contribution in [2.24, 2.45) is 5.92 Å². The summed E-state index contributed by atoms with van der Waals surface area (Å²) in [6.07, 6.45) is 7.18. The molecule has 0 aromatic heterocycles. The molecule has 9 nitrogen and oxygen atoms in total. The summed E-state index contributed by atoms with van der Waals surface area (Å²) in [4.78, 5) is 41.5. The van der Waals surface area contributed by atoms with Gasteiger partial charge in [-0.25, -0.2) is 5.43 Å². The van der Waals surface area contributed by atoms with Crippen molar-refractivity contribution in [3.8, 4) is 24.2 Å². The van der Waals surface area contributed by atoms with Crippen molar-refractivity contribution in [2.45, 2.75) is 13.0 Å². The molecule has 0 spiro atoms. The Labute approximate surface area is 231 Å². The lowest BCUT2D eigenvalue weighted by molar-refractivity contribution is -0.129. The number of rotatable bonds is 6. The number of carbonyl (C=O) groups is 3. The molecule has 2 heterocycles. The summed E-state index contributed by atoms with van der Waals surface area (Å²) in [6.45, 7) is 2.06. The number of ether oxygens (including phenoxy) is 1. The number of anilines is 2. The normalized spacial score (nSPS) is 17.8. The highest BCUT2D eigenvalue weighted by Gasteiger charge is 2.47. The monoisotopic (exact) mass is 531 g/mol. The third-order valence-corrected chi connectivity index (χ3v) is 6.95. The number of methoxy groups -OCH3 is 1. The van der Waals surface area contributed by atoms with Crippen LogP contribution in [0.3, 0.4) is 0 Å². The second-order valence-electron chi connectivity index (χ2n) is 9.38. The van der Waals surface area contributed by atoms with Crippen molar-refractivity contribution in [3.05, 3.63) is 101 Å². The molecule has 9 heteroatoms. The number of ketones is 1. The van der Waals surface area contributed by atoms with Crippen molar-refractivity contribution >= 4 is 29.0 Å². The first-order chi connectivity index (χ1) is 19.3. The fraction of sp³-hybridized carbons (Fsp3) is 0.161. The topological polar surface area (TPSA) is 115 Å². The summed E-state index contributed by atoms with van der Waals surface area (Å²) >= 11 is 0. The Morgan fingerprint density at radius 3 is 2.38 bits per heavy atom. The quantitative estimate of drug-likeness (QED) is 0.370. The smallest absolute Gasteiger partial charge is 0.256 e. The molecule has 2 N–H and O–H groups in total. The van der Waals surface area contributed by atoms with Crippen LogP contribution in [0.15, 0.2) is 78.6 Å². The van der Waals surface area contributed by atoms with Gasteiger partial charge in [0.05, 0.1) is 18.6 Å². The highest BCUT2D eigenvalue weighted by atomic mass is 16.5. The first kappa shape index (κ1) is 26.2. The summed E-state index contributed by atoms with van der Waals surface area (Å²) in [7, 11) is 1.47. The highest BCUT2D eigenvalue weighted by molar-refractivity contribution is 6.10. The minimum atomic E-state index is -0.784. The number of carbonyl (C=O) groups excluding carboxylic acids is 3. The zero-order chi connectivity index (χ0) is 28.4. The molecule has 2 aliphatic heterocycles. The van der Waals surface area contributed by atoms with E-state index in [2.05, 4.69) is 16.7 Å². The molecular weight excluding hydrogens is 506 g/mol. The van der Waals surface area contributed by atoms with Gasteiger partial charge in [0.2, 0.25) is 5.91 Å². The molecule has 2 amide bonds. The number of nitrogens with one attached hydrogen (secondary N) is 2. The standard InChI is InChI=1S/C31H25N5O4/c1-4-20-5-7-21(8-6-20)29(37)22-9-12-25(13-10-22)36-19(2)18-35-28(31(36)39)26(17-33-35)30(38)34-24-11-14-27(40-3)23(15-24)16-32/h1,5-15,18,26,28,33H,17H2,2-3H3,(H,34,38)/t26-,28?/m0/s1. The van der Waals surface area contributed by atoms with E-state index in [1.807, 2.05) is 6.07 Å². The number of amides is 2. The predicted molar refractivity (Wildman–Crippen MR) is 149 cm³/mol. The molecule has 3 aromatic rings. The second-order valence-corrected chi connectivity index (χ2v) is 9.38. The third kappa shape index (κ3) is 4.78. The number of benzene rings is 3. The zero-order valence-corrected chi connectivity index (χ0v) is 21.8. The van der Waals surface area contributed by atoms with Gasteiger partial charge in [-0.2, -0.15) is 5.26 Å². The van der Waals surface area contributed by atoms with Crippen molar-refractivity contribution < 1.29 is 19.1 Å². The molecule has 2 atom stereocenters. The van der Waals surface area contributed by atoms with Crippen LogP contribution in [0.1, 0.15) is 34.0 Å². The number of allylic oxidation sites excluding steroid dienone is 1. The van der Waals surface area contributed by atoms with Crippen molar-refractivity contribution in [3.63, 3.8) is 0 Å². The number of hydrogen-bond donors (Lipinski definition) is 2. The fourth-order valence-corrected chi connectivity index (χ4v) is 4.91. The molecule has 0 aliphatic carbocycles. The van der Waals surface area contributed by atoms with E-state index >= 15 is 0 Å². The van der Waals surface area contributed by atoms with Crippen LogP contribution in [0.4, 0.5) is 11.4 Å². The summed E-state index contributed by atoms with van der Waals surface area (Å²) in [6, 6.07) is 19.6. The van der Waals surface area contributed by atoms with Crippen LogP contribution in [-0.2, 0) is 9.59 Å². The molecule has 2 aliphatic rings. The SMILES string of the molecule is C#Cc1ccc(C(=O)c2ccc(N3C(=O)C4[C@@H](C(=O)Nc5ccc(OC)c(C#N)c5)CNN4C=C3C)cc2)cc1. The van der Waals surface area contributed by atoms with E-state index in [4.69, 9.17) is 11.2 Å². The minimum Gasteiger partial charge on any atom is -0.495 e. The van der Waals surface area contributed by atoms with E-state index < -0.39 is 12.0 Å². The van der Waals surface area contributed by atoms with Crippen LogP contribution in [0.25, 0.3) is 0 Å². The molecular formula is C31H25N5O4. The number of nitrogens with zero attached hydrogens (tertiary/aromatic N) is 3. The van der Waals surface area contributed by atoms with Gasteiger partial charge >= 0.3 is 0 Å². The highest BCUT2D eigenvalue weighted by Crippen LogP contribution is 2.32. The number of terminal acetylenes is 1. The van der Waals surface area contributed by atoms with Gasteiger partial charge in [-0.1, -0.05) is 5.92 Å². The molecule has 5 rings (SSSR count). The Kier molecular flexibility index (Phi) is 7.07. The van der Waals surface area contributed by atoms with Gasteiger partial charge in [-0.05, 0) is 73.7 Å². The van der Waals surface area contributed by atoms with Crippen LogP contribution in [-0.4, -0.2) is 42.3 Å². The molecule has 1 saturated heterocycles. The van der Waals surface area contributed by atoms with Gasteiger partial charge in [0, 0.05) is 46.5 Å². The zero-order valence-electron chi connectivity index (χ0n) is 21.8. The average molecular weight is 532 g/mol. The lowest BCUT2D eigenvalue weighted by atomic mass is 9.96. The van der Waals surface area contributed by atoms with E-state index in [0.717, 1.165) is 0 Å². The maximum Gasteiger partial charge on any atom is 0.256 e. The van der Waals surface area contributed by atoms with Crippen LogP contribution in [0.2, 0.25) is 0 Å². The van der Waals surface area contributed by atoms with Crippen LogP contribution >= 0.6 is 0 Å². The van der Waals surface area contributed by atoms with Gasteiger partial charge in [0.1, 0.15) is 17.9 Å². The molecule has 0 saturated carbocycles. The Morgan fingerprint density at radius 2 is 1.75 bits per heavy atom. The first-order valence-corrected chi connectivity index (χ1v) is 12.5. The lowest BCUT2D eigenvalue weighted by Crippen LogP contribution is -2.53. The van der Waals surface area contributed by atoms with Gasteiger partial charge in [-0.3, -0.25) is 19.3 Å². The molecule has 0 bridgehead atoms. The molecule has 1 fully saturated rings. The van der Waals surface area contributed by atoms with Gasteiger partial charge in [0.25, 0.3) is 5.91 Å². The molecule has 1 unspecified atom stereocenters. The predicted octanol–water partition coefficient (Wildman–Crippen LogP) is 3.43. The van der Waals surface area contributed by atoms with Crippen LogP contribution in [0, 0.1) is 29.6 Å². The maximum absolute atomic E-state index is 13.8. The van der Waals surface area contributed by atoms with E-state index in [-0.39, 0.29) is 29.7 Å². The molecule has 40 heavy (non-hydrogen) atoms. The van der Waals surface area contributed by atoms with Crippen molar-refractivity contribution in [2.75, 3.05) is 23.9 Å². The Morgan fingerprint density at radius 1 is 1.07 bits per heavy atom. The van der Waals surface area contributed by atoms with E-state index in [0.29, 0.717) is 39.5 Å². The van der Waals surface area contributed by atoms with Crippen LogP contribution < -0.4 is 20.4 Å². The Hall–Kier alpha value is -5.38. The summed E-state index contributed by atoms with van der Waals surface area (Å²) < 4.78 is 5.16. The third-order valence-electron chi connectivity index (χ3n) is 6.95. The number of nitriles is 1. The van der Waals surface area contributed by atoms with E-state index in [1.165, 1.54) is 13.2 Å². The van der Waals surface area contributed by atoms with Crippen molar-refractivity contribution in [1.82, 2.24) is 10.4 Å². The van der Waals surface area contributed by atoms with Gasteiger partial charge in [-0.15, -0.1) is 6.42 Å². The van der Waals surface area contributed by atoms with Crippen LogP contribution in [0.5, 0.6) is 5.75 Å². The van der Waals surface area contributed by atoms with E-state index in [1.54, 1.807) is 83.7 Å². The first-order valence-electron chi connectivity index (χ1n) is 12.5. The minimum absolute atomic E-state index is 0.159. The van der Waals surface area contributed by atoms with E-state index in [9.17, 15) is 19.6 Å². The average Bonchev–Trinajstić information content (AvgIpc) is 3.41. The fourth-order valence-electron chi connectivity index (χ4n) is 4.91. The largest absolute Gasteiger partial charge is 0.495 e. The summed E-state index contributed by atoms with van der Waals surface area (Å²) in [5.74, 6) is 1.45. The number of hydrogen-bond acceptors (Lipinski definition) is 7. The lowest BCUT2D eigenvalue weighted by Gasteiger charge is -2.36. The Bertz CT molecular complexity index is 1610. The molecule has 198 valence electrons. The Balaban J connectivity index is 1.34. The van der Waals surface area contributed by atoms with Gasteiger partial charge in [0.15, 0.2) is 5.78 Å². The maximum atomic E-state index is 13.8. The number of hydrazine groups is 1. The summed E-state index contributed by atoms with van der Waals surface area (Å²) in [5.41, 5.74) is 6.76. The van der Waals surface area contributed by atoms with Gasteiger partial charge < -0.3 is 15.1 Å². The molecule has 3 aromatic carbocycles. The van der Waals surface area contributed by atoms with Crippen molar-refractivity contribution in [1.29, 1.82) is 5.26 Å². The number of fused-ring (bicyclic) bond motifs is 1. The molecule has 0 radical (unpaired) electrons. The summed E-state index contributed by atoms with van der Waals surface area (Å²) in [5, 5.41) is 13.8. The second kappa shape index (κ2) is 10.8.